The number of likely N-dealkylation sites (N-methyl/N-ethyl adjacent to an activating group) is 1. The van der Waals surface area contributed by atoms with Gasteiger partial charge in [0, 0.05) is 33.7 Å². The first kappa shape index (κ1) is 18.3. The van der Waals surface area contributed by atoms with Crippen molar-refractivity contribution in [1.29, 1.82) is 0 Å². The predicted molar refractivity (Wildman–Crippen MR) is 85.6 cm³/mol. The molecule has 7 nitrogen and oxygen atoms in total. The van der Waals surface area contributed by atoms with Gasteiger partial charge in [-0.2, -0.15) is 0 Å². The fourth-order valence-electron chi connectivity index (χ4n) is 2.28. The number of hydrogen-bond donors (Lipinski definition) is 1. The van der Waals surface area contributed by atoms with Crippen molar-refractivity contribution < 1.29 is 14.3 Å². The standard InChI is InChI=1S/C15H28N4O3/c1-5-8-16-15(17-11-13(20)18(2)3)19-9-6-12(7-10-19)14(21)22-4/h12H,5-11H2,1-4H3,(H,16,17). The van der Waals surface area contributed by atoms with Crippen LogP contribution in [0.1, 0.15) is 26.2 Å². The summed E-state index contributed by atoms with van der Waals surface area (Å²) in [6.45, 7) is 4.51. The first-order chi connectivity index (χ1) is 10.5. The molecule has 1 heterocycles. The summed E-state index contributed by atoms with van der Waals surface area (Å²) in [6, 6.07) is 0. The molecule has 126 valence electrons. The van der Waals surface area contributed by atoms with Crippen LogP contribution in [-0.2, 0) is 14.3 Å². The van der Waals surface area contributed by atoms with Gasteiger partial charge in [-0.1, -0.05) is 6.92 Å². The zero-order valence-electron chi connectivity index (χ0n) is 14.1. The Kier molecular flexibility index (Phi) is 7.70. The third kappa shape index (κ3) is 5.54. The molecule has 0 saturated carbocycles. The molecule has 1 rings (SSSR count). The number of amides is 1. The van der Waals surface area contributed by atoms with Gasteiger partial charge >= 0.3 is 5.97 Å². The molecule has 1 N–H and O–H groups in total. The van der Waals surface area contributed by atoms with Crippen LogP contribution in [-0.4, -0.2) is 75.0 Å². The van der Waals surface area contributed by atoms with Gasteiger partial charge in [0.1, 0.15) is 6.54 Å². The summed E-state index contributed by atoms with van der Waals surface area (Å²) in [5.41, 5.74) is 0. The van der Waals surface area contributed by atoms with E-state index in [2.05, 4.69) is 22.1 Å². The van der Waals surface area contributed by atoms with Crippen LogP contribution in [0.5, 0.6) is 0 Å². The maximum absolute atomic E-state index is 11.7. The Morgan fingerprint density at radius 2 is 1.95 bits per heavy atom. The Bertz CT molecular complexity index is 402. The third-order valence-corrected chi connectivity index (χ3v) is 3.73. The van der Waals surface area contributed by atoms with Gasteiger partial charge in [0.25, 0.3) is 0 Å². The summed E-state index contributed by atoms with van der Waals surface area (Å²) in [6.07, 6.45) is 2.49. The molecule has 0 radical (unpaired) electrons. The van der Waals surface area contributed by atoms with Crippen molar-refractivity contribution in [2.75, 3.05) is 47.4 Å². The molecule has 1 aliphatic rings. The van der Waals surface area contributed by atoms with Gasteiger partial charge in [0.15, 0.2) is 5.96 Å². The molecule has 1 amide bonds. The van der Waals surface area contributed by atoms with Gasteiger partial charge in [-0.25, -0.2) is 4.99 Å². The molecule has 22 heavy (non-hydrogen) atoms. The number of nitrogens with one attached hydrogen (secondary N) is 1. The minimum absolute atomic E-state index is 0.0276. The molecule has 7 heteroatoms. The lowest BCUT2D eigenvalue weighted by atomic mass is 9.97. The van der Waals surface area contributed by atoms with Crippen LogP contribution < -0.4 is 5.32 Å². The van der Waals surface area contributed by atoms with E-state index in [4.69, 9.17) is 4.74 Å². The first-order valence-corrected chi connectivity index (χ1v) is 7.80. The number of rotatable bonds is 5. The number of piperidine rings is 1. The summed E-state index contributed by atoms with van der Waals surface area (Å²) in [5.74, 6) is 0.556. The lowest BCUT2D eigenvalue weighted by Crippen LogP contribution is -2.47. The number of nitrogens with zero attached hydrogens (tertiary/aromatic N) is 3. The van der Waals surface area contributed by atoms with Gasteiger partial charge in [-0.05, 0) is 19.3 Å². The number of methoxy groups -OCH3 is 1. The van der Waals surface area contributed by atoms with Gasteiger partial charge in [-0.3, -0.25) is 9.59 Å². The summed E-state index contributed by atoms with van der Waals surface area (Å²) in [7, 11) is 4.87. The molecule has 0 aromatic rings. The van der Waals surface area contributed by atoms with E-state index >= 15 is 0 Å². The molecule has 0 aliphatic carbocycles. The van der Waals surface area contributed by atoms with Crippen LogP contribution in [0.15, 0.2) is 4.99 Å². The first-order valence-electron chi connectivity index (χ1n) is 7.80. The topological polar surface area (TPSA) is 74.2 Å². The van der Waals surface area contributed by atoms with E-state index in [0.717, 1.165) is 44.9 Å². The molecule has 0 aromatic carbocycles. The van der Waals surface area contributed by atoms with Crippen LogP contribution in [0.4, 0.5) is 0 Å². The Morgan fingerprint density at radius 3 is 2.45 bits per heavy atom. The Morgan fingerprint density at radius 1 is 1.32 bits per heavy atom. The Labute approximate surface area is 132 Å². The average Bonchev–Trinajstić information content (AvgIpc) is 2.54. The predicted octanol–water partition coefficient (Wildman–Crippen LogP) is 0.315. The lowest BCUT2D eigenvalue weighted by molar-refractivity contribution is -0.146. The molecule has 0 atom stereocenters. The van der Waals surface area contributed by atoms with E-state index in [1.807, 2.05) is 0 Å². The SMILES string of the molecule is CCCNC(=NCC(=O)N(C)C)N1CCC(C(=O)OC)CC1. The van der Waals surface area contributed by atoms with Crippen LogP contribution in [0.25, 0.3) is 0 Å². The number of aliphatic imine (C=N–C) groups is 1. The molecular formula is C15H28N4O3. The normalized spacial score (nSPS) is 16.4. The Hall–Kier alpha value is -1.79. The number of carbonyl (C=O) groups is 2. The van der Waals surface area contributed by atoms with Crippen molar-refractivity contribution in [2.45, 2.75) is 26.2 Å². The molecule has 0 unspecified atom stereocenters. The molecule has 0 aromatic heterocycles. The van der Waals surface area contributed by atoms with Crippen LogP contribution in [0, 0.1) is 5.92 Å². The van der Waals surface area contributed by atoms with E-state index in [1.165, 1.54) is 12.0 Å². The van der Waals surface area contributed by atoms with E-state index in [1.54, 1.807) is 14.1 Å². The highest BCUT2D eigenvalue weighted by molar-refractivity contribution is 5.85. The maximum Gasteiger partial charge on any atom is 0.308 e. The number of hydrogen-bond acceptors (Lipinski definition) is 4. The molecule has 0 spiro atoms. The molecule has 0 bridgehead atoms. The molecule has 1 aliphatic heterocycles. The lowest BCUT2D eigenvalue weighted by Gasteiger charge is -2.33. The molecular weight excluding hydrogens is 284 g/mol. The number of ether oxygens (including phenoxy) is 1. The van der Waals surface area contributed by atoms with E-state index in [9.17, 15) is 9.59 Å². The van der Waals surface area contributed by atoms with E-state index < -0.39 is 0 Å². The molecule has 1 saturated heterocycles. The summed E-state index contributed by atoms with van der Waals surface area (Å²) in [5, 5.41) is 3.28. The minimum Gasteiger partial charge on any atom is -0.469 e. The van der Waals surface area contributed by atoms with Gasteiger partial charge in [-0.15, -0.1) is 0 Å². The van der Waals surface area contributed by atoms with Crippen molar-refractivity contribution in [2.24, 2.45) is 10.9 Å². The number of likely N-dealkylation sites (tertiary alicyclic amines) is 1. The van der Waals surface area contributed by atoms with Gasteiger partial charge in [0.05, 0.1) is 13.0 Å². The van der Waals surface area contributed by atoms with E-state index in [0.29, 0.717) is 0 Å². The summed E-state index contributed by atoms with van der Waals surface area (Å²) >= 11 is 0. The minimum atomic E-state index is -0.137. The fraction of sp³-hybridized carbons (Fsp3) is 0.800. The summed E-state index contributed by atoms with van der Waals surface area (Å²) in [4.78, 5) is 31.3. The second-order valence-electron chi connectivity index (χ2n) is 5.64. The van der Waals surface area contributed by atoms with Crippen molar-refractivity contribution in [3.8, 4) is 0 Å². The zero-order valence-corrected chi connectivity index (χ0v) is 14.1. The zero-order chi connectivity index (χ0) is 16.5. The van der Waals surface area contributed by atoms with Crippen LogP contribution in [0.3, 0.4) is 0 Å². The van der Waals surface area contributed by atoms with Crippen molar-refractivity contribution in [3.05, 3.63) is 0 Å². The highest BCUT2D eigenvalue weighted by Crippen LogP contribution is 2.18. The fourth-order valence-corrected chi connectivity index (χ4v) is 2.28. The number of guanidine groups is 1. The van der Waals surface area contributed by atoms with Gasteiger partial charge in [0.2, 0.25) is 5.91 Å². The highest BCUT2D eigenvalue weighted by Gasteiger charge is 2.27. The third-order valence-electron chi connectivity index (χ3n) is 3.73. The highest BCUT2D eigenvalue weighted by atomic mass is 16.5. The monoisotopic (exact) mass is 312 g/mol. The van der Waals surface area contributed by atoms with Gasteiger partial charge < -0.3 is 19.9 Å². The molecule has 1 fully saturated rings. The van der Waals surface area contributed by atoms with Crippen LogP contribution in [0.2, 0.25) is 0 Å². The van der Waals surface area contributed by atoms with Crippen molar-refractivity contribution >= 4 is 17.8 Å². The largest absolute Gasteiger partial charge is 0.469 e. The second-order valence-corrected chi connectivity index (χ2v) is 5.64. The van der Waals surface area contributed by atoms with Crippen molar-refractivity contribution in [1.82, 2.24) is 15.1 Å². The smallest absolute Gasteiger partial charge is 0.308 e. The van der Waals surface area contributed by atoms with E-state index in [-0.39, 0.29) is 24.3 Å². The second kappa shape index (κ2) is 9.27. The average molecular weight is 312 g/mol. The number of esters is 1. The number of carbonyl (C=O) groups excluding carboxylic acids is 2. The summed E-state index contributed by atoms with van der Waals surface area (Å²) < 4.78 is 4.80. The maximum atomic E-state index is 11.7. The van der Waals surface area contributed by atoms with Crippen LogP contribution >= 0.6 is 0 Å². The Balaban J connectivity index is 2.63. The quantitative estimate of drug-likeness (QED) is 0.449. The van der Waals surface area contributed by atoms with Crippen molar-refractivity contribution in [3.63, 3.8) is 0 Å².